The fourth-order valence-corrected chi connectivity index (χ4v) is 4.33. The molecule has 1 amide bonds. The van der Waals surface area contributed by atoms with E-state index < -0.39 is 5.60 Å². The molecule has 152 valence electrons. The van der Waals surface area contributed by atoms with E-state index in [0.717, 1.165) is 28.2 Å². The lowest BCUT2D eigenvalue weighted by Crippen LogP contribution is -2.48. The Bertz CT molecular complexity index is 879. The number of ether oxygens (including phenoxy) is 3. The van der Waals surface area contributed by atoms with Crippen LogP contribution in [-0.2, 0) is 4.74 Å². The summed E-state index contributed by atoms with van der Waals surface area (Å²) in [5, 5.41) is 4.19. The Labute approximate surface area is 167 Å². The zero-order valence-corrected chi connectivity index (χ0v) is 17.2. The third-order valence-corrected chi connectivity index (χ3v) is 5.71. The normalized spacial score (nSPS) is 22.2. The minimum atomic E-state index is -0.524. The second kappa shape index (κ2) is 7.29. The largest absolute Gasteiger partial charge is 0.454 e. The Kier molecular flexibility index (Phi) is 4.96. The number of thiazole rings is 1. The number of hydrogen-bond acceptors (Lipinski definition) is 8. The summed E-state index contributed by atoms with van der Waals surface area (Å²) in [6, 6.07) is 3.69. The lowest BCUT2D eigenvalue weighted by atomic mass is 10.1. The number of fused-ring (bicyclic) bond motifs is 3. The number of rotatable bonds is 2. The predicted octanol–water partition coefficient (Wildman–Crippen LogP) is 3.16. The van der Waals surface area contributed by atoms with Crippen molar-refractivity contribution in [2.45, 2.75) is 51.3 Å². The first kappa shape index (κ1) is 19.1. The number of nitrogens with one attached hydrogen (secondary N) is 1. The summed E-state index contributed by atoms with van der Waals surface area (Å²) < 4.78 is 17.5. The molecule has 0 radical (unpaired) electrons. The maximum Gasteiger partial charge on any atom is 0.410 e. The monoisotopic (exact) mass is 406 g/mol. The van der Waals surface area contributed by atoms with E-state index in [9.17, 15) is 4.79 Å². The van der Waals surface area contributed by atoms with E-state index >= 15 is 0 Å². The number of benzene rings is 1. The molecule has 3 heterocycles. The number of carbonyl (C=O) groups excluding carboxylic acids is 1. The van der Waals surface area contributed by atoms with Gasteiger partial charge >= 0.3 is 6.09 Å². The average Bonchev–Trinajstić information content (AvgIpc) is 3.19. The third-order valence-electron chi connectivity index (χ3n) is 4.76. The van der Waals surface area contributed by atoms with Crippen molar-refractivity contribution in [3.05, 3.63) is 12.1 Å². The summed E-state index contributed by atoms with van der Waals surface area (Å²) in [7, 11) is 0. The Morgan fingerprint density at radius 2 is 2.21 bits per heavy atom. The van der Waals surface area contributed by atoms with Gasteiger partial charge in [-0.15, -0.1) is 0 Å². The Balaban J connectivity index is 1.52. The van der Waals surface area contributed by atoms with E-state index in [1.165, 1.54) is 11.3 Å². The molecule has 0 spiro atoms. The van der Waals surface area contributed by atoms with Crippen molar-refractivity contribution in [3.63, 3.8) is 0 Å². The molecule has 0 bridgehead atoms. The van der Waals surface area contributed by atoms with Crippen molar-refractivity contribution >= 4 is 32.8 Å². The first-order valence-corrected chi connectivity index (χ1v) is 10.3. The molecule has 8 nitrogen and oxygen atoms in total. The van der Waals surface area contributed by atoms with Crippen LogP contribution in [0.2, 0.25) is 0 Å². The number of nitrogens with zero attached hydrogens (tertiary/aromatic N) is 2. The summed E-state index contributed by atoms with van der Waals surface area (Å²) in [5.74, 6) is 1.40. The topological polar surface area (TPSA) is 98.9 Å². The number of likely N-dealkylation sites (tertiary alicyclic amines) is 1. The lowest BCUT2D eigenvalue weighted by Gasteiger charge is -2.29. The van der Waals surface area contributed by atoms with Crippen molar-refractivity contribution in [2.75, 3.05) is 25.2 Å². The third kappa shape index (κ3) is 3.95. The smallest absolute Gasteiger partial charge is 0.410 e. The van der Waals surface area contributed by atoms with Crippen LogP contribution in [0.3, 0.4) is 0 Å². The van der Waals surface area contributed by atoms with Crippen LogP contribution in [0.1, 0.15) is 33.6 Å². The van der Waals surface area contributed by atoms with Crippen LogP contribution in [-0.4, -0.2) is 53.5 Å². The fraction of sp³-hybridized carbons (Fsp3) is 0.579. The van der Waals surface area contributed by atoms with Gasteiger partial charge in [-0.2, -0.15) is 0 Å². The summed E-state index contributed by atoms with van der Waals surface area (Å²) in [4.78, 5) is 19.0. The maximum atomic E-state index is 12.5. The first-order chi connectivity index (χ1) is 13.3. The SMILES string of the molecule is CC(C)(C)OC(=O)N1CCC[C@H](N)[C@H](Nc2nc3c4c(ccc3s2)OCO4)C1. The second-order valence-electron chi connectivity index (χ2n) is 8.15. The lowest BCUT2D eigenvalue weighted by molar-refractivity contribution is 0.0252. The van der Waals surface area contributed by atoms with Crippen LogP contribution in [0.25, 0.3) is 10.2 Å². The molecule has 4 rings (SSSR count). The molecule has 2 aromatic rings. The van der Waals surface area contributed by atoms with Crippen LogP contribution < -0.4 is 20.5 Å². The van der Waals surface area contributed by atoms with Crippen molar-refractivity contribution < 1.29 is 19.0 Å². The van der Waals surface area contributed by atoms with Crippen molar-refractivity contribution in [2.24, 2.45) is 5.73 Å². The van der Waals surface area contributed by atoms with Crippen molar-refractivity contribution in [1.29, 1.82) is 0 Å². The van der Waals surface area contributed by atoms with Gasteiger partial charge in [0, 0.05) is 19.1 Å². The van der Waals surface area contributed by atoms with Crippen LogP contribution in [0.15, 0.2) is 12.1 Å². The minimum absolute atomic E-state index is 0.0789. The number of nitrogens with two attached hydrogens (primary N) is 1. The van der Waals surface area contributed by atoms with Gasteiger partial charge in [-0.05, 0) is 45.7 Å². The molecule has 1 aromatic carbocycles. The number of amides is 1. The quantitative estimate of drug-likeness (QED) is 0.790. The zero-order valence-electron chi connectivity index (χ0n) is 16.4. The molecular formula is C19H26N4O4S. The van der Waals surface area contributed by atoms with Gasteiger partial charge in [0.25, 0.3) is 0 Å². The van der Waals surface area contributed by atoms with Gasteiger partial charge in [-0.3, -0.25) is 0 Å². The highest BCUT2D eigenvalue weighted by molar-refractivity contribution is 7.22. The van der Waals surface area contributed by atoms with Crippen LogP contribution in [0, 0.1) is 0 Å². The van der Waals surface area contributed by atoms with Gasteiger partial charge in [-0.1, -0.05) is 11.3 Å². The molecule has 2 aliphatic rings. The second-order valence-corrected chi connectivity index (χ2v) is 9.18. The number of aromatic nitrogens is 1. The highest BCUT2D eigenvalue weighted by atomic mass is 32.1. The summed E-state index contributed by atoms with van der Waals surface area (Å²) in [6.07, 6.45) is 1.37. The highest BCUT2D eigenvalue weighted by Gasteiger charge is 2.30. The fourth-order valence-electron chi connectivity index (χ4n) is 3.40. The van der Waals surface area contributed by atoms with Gasteiger partial charge in [0.05, 0.1) is 10.7 Å². The minimum Gasteiger partial charge on any atom is -0.454 e. The number of carbonyl (C=O) groups is 1. The Morgan fingerprint density at radius 3 is 3.00 bits per heavy atom. The van der Waals surface area contributed by atoms with Gasteiger partial charge in [0.2, 0.25) is 6.79 Å². The standard InChI is InChI=1S/C19H26N4O4S/c1-19(2,3)27-18(24)23-8-4-5-11(20)12(9-23)21-17-22-15-14(28-17)7-6-13-16(15)26-10-25-13/h6-7,11-12H,4-5,8-10,20H2,1-3H3,(H,21,22)/t11-,12+/m0/s1. The van der Waals surface area contributed by atoms with Gasteiger partial charge in [-0.25, -0.2) is 9.78 Å². The Morgan fingerprint density at radius 1 is 1.39 bits per heavy atom. The van der Waals surface area contributed by atoms with Crippen LogP contribution in [0.5, 0.6) is 11.5 Å². The van der Waals surface area contributed by atoms with E-state index in [1.54, 1.807) is 4.90 Å². The maximum absolute atomic E-state index is 12.5. The van der Waals surface area contributed by atoms with Gasteiger partial charge < -0.3 is 30.2 Å². The summed E-state index contributed by atoms with van der Waals surface area (Å²) in [5.41, 5.74) is 6.65. The van der Waals surface area contributed by atoms with E-state index in [-0.39, 0.29) is 25.0 Å². The molecule has 0 aliphatic carbocycles. The Hall–Kier alpha value is -2.26. The molecule has 1 saturated heterocycles. The highest BCUT2D eigenvalue weighted by Crippen LogP contribution is 2.41. The van der Waals surface area contributed by atoms with Crippen molar-refractivity contribution in [3.8, 4) is 11.5 Å². The number of anilines is 1. The summed E-state index contributed by atoms with van der Waals surface area (Å²) >= 11 is 1.54. The van der Waals surface area contributed by atoms with Gasteiger partial charge in [0.1, 0.15) is 11.1 Å². The molecule has 2 aliphatic heterocycles. The first-order valence-electron chi connectivity index (χ1n) is 9.49. The van der Waals surface area contributed by atoms with E-state index in [0.29, 0.717) is 24.6 Å². The molecule has 3 N–H and O–H groups in total. The van der Waals surface area contributed by atoms with E-state index in [4.69, 9.17) is 19.9 Å². The molecule has 28 heavy (non-hydrogen) atoms. The molecule has 1 aromatic heterocycles. The molecule has 1 fully saturated rings. The molecule has 0 unspecified atom stereocenters. The number of hydrogen-bond donors (Lipinski definition) is 2. The van der Waals surface area contributed by atoms with Crippen LogP contribution in [0.4, 0.5) is 9.93 Å². The van der Waals surface area contributed by atoms with Crippen molar-refractivity contribution in [1.82, 2.24) is 9.88 Å². The van der Waals surface area contributed by atoms with Crippen LogP contribution >= 0.6 is 11.3 Å². The zero-order chi connectivity index (χ0) is 19.9. The predicted molar refractivity (Wildman–Crippen MR) is 108 cm³/mol. The molecular weight excluding hydrogens is 380 g/mol. The summed E-state index contributed by atoms with van der Waals surface area (Å²) in [6.45, 7) is 6.94. The molecule has 0 saturated carbocycles. The van der Waals surface area contributed by atoms with Gasteiger partial charge in [0.15, 0.2) is 16.6 Å². The van der Waals surface area contributed by atoms with E-state index in [1.807, 2.05) is 32.9 Å². The molecule has 9 heteroatoms. The van der Waals surface area contributed by atoms with E-state index in [2.05, 4.69) is 10.3 Å². The molecule has 2 atom stereocenters. The average molecular weight is 407 g/mol.